The molecule has 0 bridgehead atoms. The van der Waals surface area contributed by atoms with Crippen molar-refractivity contribution >= 4 is 44.6 Å². The number of rotatable bonds is 2. The molecule has 0 saturated heterocycles. The molecule has 0 aliphatic rings. The van der Waals surface area contributed by atoms with Crippen LogP contribution in [-0.2, 0) is 6.61 Å². The van der Waals surface area contributed by atoms with Gasteiger partial charge in [-0.3, -0.25) is 0 Å². The molecular formula is C16H18B2Cl2O3. The number of hydrogen-bond donors (Lipinski definition) is 2. The Hall–Kier alpha value is -1.42. The van der Waals surface area contributed by atoms with Gasteiger partial charge in [-0.05, 0) is 48.7 Å². The van der Waals surface area contributed by atoms with Gasteiger partial charge >= 0.3 is 5.97 Å². The van der Waals surface area contributed by atoms with Gasteiger partial charge in [-0.1, -0.05) is 41.4 Å². The Kier molecular flexibility index (Phi) is 10.5. The number of carboxylic acid groups (broad SMARTS) is 1. The molecule has 2 N–H and O–H groups in total. The van der Waals surface area contributed by atoms with Crippen molar-refractivity contribution in [2.45, 2.75) is 20.5 Å². The van der Waals surface area contributed by atoms with Crippen molar-refractivity contribution in [1.29, 1.82) is 0 Å². The van der Waals surface area contributed by atoms with E-state index in [2.05, 4.69) is 15.5 Å². The van der Waals surface area contributed by atoms with Crippen molar-refractivity contribution in [3.63, 3.8) is 0 Å². The van der Waals surface area contributed by atoms with Crippen LogP contribution >= 0.6 is 23.2 Å². The number of aliphatic hydroxyl groups excluding tert-OH is 1. The van der Waals surface area contributed by atoms with Crippen LogP contribution in [0.3, 0.4) is 0 Å². The first kappa shape index (κ1) is 21.6. The van der Waals surface area contributed by atoms with Crippen LogP contribution in [0.1, 0.15) is 28.5 Å². The highest BCUT2D eigenvalue weighted by Crippen LogP contribution is 2.17. The molecule has 0 aliphatic carbocycles. The molecule has 0 aromatic heterocycles. The third kappa shape index (κ3) is 7.60. The molecule has 2 rings (SSSR count). The second-order valence-electron chi connectivity index (χ2n) is 4.51. The molecule has 2 aromatic rings. The van der Waals surface area contributed by atoms with E-state index in [9.17, 15) is 4.79 Å². The van der Waals surface area contributed by atoms with Gasteiger partial charge in [0.2, 0.25) is 0 Å². The molecule has 4 radical (unpaired) electrons. The fraction of sp³-hybridized carbons (Fsp3) is 0.188. The van der Waals surface area contributed by atoms with E-state index in [4.69, 9.17) is 33.4 Å². The summed E-state index contributed by atoms with van der Waals surface area (Å²) in [6.45, 7) is 3.82. The first-order valence-corrected chi connectivity index (χ1v) is 7.29. The standard InChI is InChI=1S/C8H7ClO2.C8H9ClO.B2.H2/c1-5-2-3-6(8(10)11)4-7(5)9;1-6-2-3-7(5-10)4-8(6)9;1-2;/h2-4H,1H3,(H,10,11);2-4,10H,5H2,1H3;;1H. The zero-order valence-electron chi connectivity index (χ0n) is 12.9. The summed E-state index contributed by atoms with van der Waals surface area (Å²) in [7, 11) is 8.00. The monoisotopic (exact) mass is 350 g/mol. The van der Waals surface area contributed by atoms with E-state index >= 15 is 0 Å². The number of carboxylic acids is 1. The summed E-state index contributed by atoms with van der Waals surface area (Å²) >= 11 is 11.5. The van der Waals surface area contributed by atoms with Gasteiger partial charge in [0.15, 0.2) is 0 Å². The summed E-state index contributed by atoms with van der Waals surface area (Å²) < 4.78 is 0. The Bertz CT molecular complexity index is 655. The molecule has 7 heteroatoms. The molecule has 3 nitrogen and oxygen atoms in total. The number of aryl methyl sites for hydroxylation is 2. The molecular weight excluding hydrogens is 333 g/mol. The summed E-state index contributed by atoms with van der Waals surface area (Å²) in [6, 6.07) is 10.2. The lowest BCUT2D eigenvalue weighted by Gasteiger charge is -1.98. The zero-order valence-corrected chi connectivity index (χ0v) is 14.4. The molecule has 0 spiro atoms. The van der Waals surface area contributed by atoms with E-state index < -0.39 is 5.97 Å². The molecule has 0 amide bonds. The molecule has 23 heavy (non-hydrogen) atoms. The molecule has 0 fully saturated rings. The van der Waals surface area contributed by atoms with E-state index in [-0.39, 0.29) is 13.6 Å². The Balaban J connectivity index is 0. The number of carbonyl (C=O) groups is 1. The lowest BCUT2D eigenvalue weighted by Crippen LogP contribution is -1.95. The van der Waals surface area contributed by atoms with Crippen molar-refractivity contribution < 1.29 is 16.4 Å². The van der Waals surface area contributed by atoms with Gasteiger partial charge in [0.25, 0.3) is 0 Å². The predicted octanol–water partition coefficient (Wildman–Crippen LogP) is 3.97. The molecule has 0 heterocycles. The molecule has 0 atom stereocenters. The quantitative estimate of drug-likeness (QED) is 0.806. The van der Waals surface area contributed by atoms with Gasteiger partial charge in [0.1, 0.15) is 0 Å². The largest absolute Gasteiger partial charge is 0.478 e. The zero-order chi connectivity index (χ0) is 18.0. The molecule has 0 unspecified atom stereocenters. The minimum absolute atomic E-state index is 0. The fourth-order valence-electron chi connectivity index (χ4n) is 1.46. The minimum atomic E-state index is -0.952. The topological polar surface area (TPSA) is 57.5 Å². The Morgan fingerprint density at radius 3 is 1.91 bits per heavy atom. The number of benzene rings is 2. The van der Waals surface area contributed by atoms with E-state index in [1.165, 1.54) is 12.1 Å². The Morgan fingerprint density at radius 1 is 1.04 bits per heavy atom. The maximum Gasteiger partial charge on any atom is 0.335 e. The van der Waals surface area contributed by atoms with Gasteiger partial charge in [-0.2, -0.15) is 0 Å². The second-order valence-corrected chi connectivity index (χ2v) is 5.33. The van der Waals surface area contributed by atoms with Crippen LogP contribution in [-0.4, -0.2) is 31.7 Å². The Morgan fingerprint density at radius 2 is 1.52 bits per heavy atom. The van der Waals surface area contributed by atoms with Crippen LogP contribution in [0, 0.1) is 13.8 Å². The molecule has 0 aliphatic heterocycles. The van der Waals surface area contributed by atoms with E-state index in [1.54, 1.807) is 12.1 Å². The van der Waals surface area contributed by atoms with Gasteiger partial charge in [0.05, 0.1) is 12.2 Å². The first-order chi connectivity index (χ1) is 10.8. The van der Waals surface area contributed by atoms with Crippen LogP contribution in [0.4, 0.5) is 0 Å². The van der Waals surface area contributed by atoms with Crippen LogP contribution in [0.2, 0.25) is 10.0 Å². The lowest BCUT2D eigenvalue weighted by molar-refractivity contribution is 0.0697. The van der Waals surface area contributed by atoms with Gasteiger partial charge in [-0.15, -0.1) is 0 Å². The summed E-state index contributed by atoms with van der Waals surface area (Å²) in [5, 5.41) is 18.4. The average molecular weight is 351 g/mol. The molecule has 2 aromatic carbocycles. The van der Waals surface area contributed by atoms with Crippen molar-refractivity contribution in [3.05, 3.63) is 68.7 Å². The predicted molar refractivity (Wildman–Crippen MR) is 98.9 cm³/mol. The van der Waals surface area contributed by atoms with Crippen LogP contribution in [0.15, 0.2) is 36.4 Å². The highest BCUT2D eigenvalue weighted by atomic mass is 35.5. The lowest BCUT2D eigenvalue weighted by atomic mass is 9.81. The highest BCUT2D eigenvalue weighted by molar-refractivity contribution is 6.75. The summed E-state index contributed by atoms with van der Waals surface area (Å²) in [5.74, 6) is -0.952. The normalized spacial score (nSPS) is 9.09. The maximum absolute atomic E-state index is 10.4. The van der Waals surface area contributed by atoms with Crippen molar-refractivity contribution in [2.75, 3.05) is 0 Å². The number of halogens is 2. The van der Waals surface area contributed by atoms with E-state index in [0.29, 0.717) is 10.0 Å². The van der Waals surface area contributed by atoms with Crippen LogP contribution in [0.5, 0.6) is 0 Å². The third-order valence-corrected chi connectivity index (χ3v) is 3.65. The highest BCUT2D eigenvalue weighted by Gasteiger charge is 2.03. The van der Waals surface area contributed by atoms with Crippen molar-refractivity contribution in [2.24, 2.45) is 0 Å². The summed E-state index contributed by atoms with van der Waals surface area (Å²) in [5.41, 5.74) is 3.01. The van der Waals surface area contributed by atoms with Crippen molar-refractivity contribution in [1.82, 2.24) is 0 Å². The number of aliphatic hydroxyl groups is 1. The van der Waals surface area contributed by atoms with Gasteiger partial charge in [-0.25, -0.2) is 4.79 Å². The van der Waals surface area contributed by atoms with Crippen LogP contribution in [0.25, 0.3) is 0 Å². The fourth-order valence-corrected chi connectivity index (χ4v) is 1.84. The third-order valence-electron chi connectivity index (χ3n) is 2.84. The minimum Gasteiger partial charge on any atom is -0.478 e. The Labute approximate surface area is 150 Å². The molecule has 120 valence electrons. The second kappa shape index (κ2) is 11.2. The maximum atomic E-state index is 10.4. The number of hydrogen-bond acceptors (Lipinski definition) is 2. The summed E-state index contributed by atoms with van der Waals surface area (Å²) in [6.07, 6.45) is 0. The summed E-state index contributed by atoms with van der Waals surface area (Å²) in [4.78, 5) is 10.4. The van der Waals surface area contributed by atoms with Gasteiger partial charge in [0, 0.05) is 26.9 Å². The SMILES string of the molecule is Cc1ccc(C(=O)O)cc1Cl.Cc1ccc(CO)cc1Cl.[B][B].[HH]. The van der Waals surface area contributed by atoms with Gasteiger partial charge < -0.3 is 10.2 Å². The van der Waals surface area contributed by atoms with Crippen molar-refractivity contribution in [3.8, 4) is 0 Å². The van der Waals surface area contributed by atoms with Crippen LogP contribution < -0.4 is 0 Å². The smallest absolute Gasteiger partial charge is 0.335 e. The van der Waals surface area contributed by atoms with E-state index in [0.717, 1.165) is 16.7 Å². The molecule has 0 saturated carbocycles. The average Bonchev–Trinajstić information content (AvgIpc) is 2.55. The number of aromatic carboxylic acids is 1. The van der Waals surface area contributed by atoms with E-state index in [1.807, 2.05) is 26.0 Å². The first-order valence-electron chi connectivity index (χ1n) is 6.53.